The van der Waals surface area contributed by atoms with Crippen molar-refractivity contribution in [2.45, 2.75) is 0 Å². The molecule has 0 spiro atoms. The van der Waals surface area contributed by atoms with Gasteiger partial charge in [-0.05, 0) is 70.8 Å². The van der Waals surface area contributed by atoms with Crippen LogP contribution in [0.4, 0.5) is 0 Å². The van der Waals surface area contributed by atoms with E-state index in [1.165, 1.54) is 20.2 Å². The van der Waals surface area contributed by atoms with Crippen LogP contribution >= 0.6 is 11.3 Å². The van der Waals surface area contributed by atoms with Gasteiger partial charge in [-0.25, -0.2) is 9.97 Å². The fraction of sp³-hybridized carbons (Fsp3) is 0. The normalized spacial score (nSPS) is 11.6. The Hall–Kier alpha value is -7.14. The van der Waals surface area contributed by atoms with Gasteiger partial charge in [0.1, 0.15) is 11.2 Å². The van der Waals surface area contributed by atoms with Gasteiger partial charge in [-0.15, -0.1) is 11.3 Å². The number of fused-ring (bicyclic) bond motifs is 6. The van der Waals surface area contributed by atoms with Gasteiger partial charge in [0.05, 0.1) is 11.4 Å². The molecule has 11 aromatic rings. The lowest BCUT2D eigenvalue weighted by atomic mass is 9.94. The van der Waals surface area contributed by atoms with Gasteiger partial charge in [-0.2, -0.15) is 0 Å². The van der Waals surface area contributed by atoms with Crippen LogP contribution in [0.5, 0.6) is 0 Å². The summed E-state index contributed by atoms with van der Waals surface area (Å²) in [6.45, 7) is 0. The molecule has 0 saturated carbocycles. The van der Waals surface area contributed by atoms with Gasteiger partial charge in [-0.3, -0.25) is 0 Å². The van der Waals surface area contributed by atoms with Crippen molar-refractivity contribution in [2.75, 3.05) is 0 Å². The number of furan rings is 1. The van der Waals surface area contributed by atoms with Crippen molar-refractivity contribution in [2.24, 2.45) is 0 Å². The first-order valence-electron chi connectivity index (χ1n) is 18.8. The Kier molecular flexibility index (Phi) is 7.68. The van der Waals surface area contributed by atoms with E-state index in [0.717, 1.165) is 83.4 Å². The second-order valence-electron chi connectivity index (χ2n) is 14.1. The lowest BCUT2D eigenvalue weighted by Crippen LogP contribution is -1.97. The van der Waals surface area contributed by atoms with Crippen LogP contribution in [-0.2, 0) is 0 Å². The Balaban J connectivity index is 1.17. The molecule has 0 bridgehead atoms. The van der Waals surface area contributed by atoms with Crippen LogP contribution in [0.1, 0.15) is 0 Å². The smallest absolute Gasteiger partial charge is 0.161 e. The minimum absolute atomic E-state index is 0.649. The SMILES string of the molecule is c1ccc(-c2cc(-c3ccccc3)cc(-c3cc(-c4ccccc4)nc(-c4ccc(-c5cccc6c5sc5ccccc56)c5oc6ccccc6c45)n3)c2)cc1. The molecule has 0 amide bonds. The third-order valence-corrected chi connectivity index (χ3v) is 11.9. The van der Waals surface area contributed by atoms with Crippen molar-refractivity contribution < 1.29 is 4.42 Å². The van der Waals surface area contributed by atoms with Gasteiger partial charge >= 0.3 is 0 Å². The van der Waals surface area contributed by atoms with Crippen LogP contribution in [0.2, 0.25) is 0 Å². The van der Waals surface area contributed by atoms with E-state index in [9.17, 15) is 0 Å². The molecule has 0 aliphatic heterocycles. The third kappa shape index (κ3) is 5.50. The minimum atomic E-state index is 0.649. The van der Waals surface area contributed by atoms with Crippen molar-refractivity contribution >= 4 is 53.4 Å². The van der Waals surface area contributed by atoms with E-state index >= 15 is 0 Å². The molecular weight excluding hydrogens is 701 g/mol. The quantitative estimate of drug-likeness (QED) is 0.171. The Labute approximate surface area is 327 Å². The van der Waals surface area contributed by atoms with Gasteiger partial charge in [-0.1, -0.05) is 146 Å². The molecule has 3 heterocycles. The van der Waals surface area contributed by atoms with Crippen LogP contribution in [0.3, 0.4) is 0 Å². The fourth-order valence-electron chi connectivity index (χ4n) is 8.03. The average Bonchev–Trinajstić information content (AvgIpc) is 3.86. The van der Waals surface area contributed by atoms with Gasteiger partial charge < -0.3 is 4.42 Å². The summed E-state index contributed by atoms with van der Waals surface area (Å²) in [4.78, 5) is 10.8. The molecule has 4 heteroatoms. The number of para-hydroxylation sites is 1. The predicted octanol–water partition coefficient (Wildman–Crippen LogP) is 14.7. The third-order valence-electron chi connectivity index (χ3n) is 10.7. The molecule has 11 rings (SSSR count). The van der Waals surface area contributed by atoms with E-state index in [1.807, 2.05) is 23.5 Å². The minimum Gasteiger partial charge on any atom is -0.455 e. The standard InChI is InChI=1S/C52H32N2OS/c1-4-15-33(16-5-1)36-29-37(34-17-6-2-7-18-34)31-38(30-36)46-32-45(35-19-8-3-9-20-35)53-52(54-46)44-28-27-40(50-49(44)43-22-10-12-25-47(43)55-50)42-24-14-23-41-39-21-11-13-26-48(39)56-51(41)42/h1-32H. The average molecular weight is 733 g/mol. The van der Waals surface area contributed by atoms with Crippen molar-refractivity contribution in [1.82, 2.24) is 9.97 Å². The summed E-state index contributed by atoms with van der Waals surface area (Å²) in [5.74, 6) is 0.649. The Morgan fingerprint density at radius 3 is 1.64 bits per heavy atom. The Morgan fingerprint density at radius 2 is 0.929 bits per heavy atom. The van der Waals surface area contributed by atoms with E-state index in [2.05, 4.69) is 182 Å². The first-order chi connectivity index (χ1) is 27.7. The van der Waals surface area contributed by atoms with Gasteiger partial charge in [0.2, 0.25) is 0 Å². The van der Waals surface area contributed by atoms with Crippen LogP contribution < -0.4 is 0 Å². The van der Waals surface area contributed by atoms with Crippen molar-refractivity contribution in [3.8, 4) is 67.3 Å². The summed E-state index contributed by atoms with van der Waals surface area (Å²) >= 11 is 1.83. The summed E-state index contributed by atoms with van der Waals surface area (Å²) in [5, 5.41) is 4.58. The second kappa shape index (κ2) is 13.3. The molecule has 56 heavy (non-hydrogen) atoms. The van der Waals surface area contributed by atoms with Crippen LogP contribution in [0.15, 0.2) is 199 Å². The molecule has 0 aliphatic carbocycles. The highest BCUT2D eigenvalue weighted by Gasteiger charge is 2.22. The highest BCUT2D eigenvalue weighted by atomic mass is 32.1. The second-order valence-corrected chi connectivity index (χ2v) is 15.2. The summed E-state index contributed by atoms with van der Waals surface area (Å²) in [7, 11) is 0. The first-order valence-corrected chi connectivity index (χ1v) is 19.6. The maximum absolute atomic E-state index is 6.83. The molecule has 0 aliphatic rings. The van der Waals surface area contributed by atoms with E-state index in [-0.39, 0.29) is 0 Å². The largest absolute Gasteiger partial charge is 0.455 e. The Bertz CT molecular complexity index is 3180. The van der Waals surface area contributed by atoms with Gasteiger partial charge in [0, 0.05) is 58.8 Å². The van der Waals surface area contributed by atoms with Crippen molar-refractivity contribution in [3.63, 3.8) is 0 Å². The summed E-state index contributed by atoms with van der Waals surface area (Å²) in [6, 6.07) is 68.3. The van der Waals surface area contributed by atoms with E-state index in [0.29, 0.717) is 5.82 Å². The lowest BCUT2D eigenvalue weighted by Gasteiger charge is -2.14. The summed E-state index contributed by atoms with van der Waals surface area (Å²) < 4.78 is 9.36. The topological polar surface area (TPSA) is 38.9 Å². The number of nitrogens with zero attached hydrogens (tertiary/aromatic N) is 2. The zero-order valence-electron chi connectivity index (χ0n) is 30.2. The molecular formula is C52H32N2OS. The molecule has 0 unspecified atom stereocenters. The zero-order valence-corrected chi connectivity index (χ0v) is 31.0. The van der Waals surface area contributed by atoms with Gasteiger partial charge in [0.25, 0.3) is 0 Å². The molecule has 262 valence electrons. The monoisotopic (exact) mass is 732 g/mol. The number of hydrogen-bond donors (Lipinski definition) is 0. The summed E-state index contributed by atoms with van der Waals surface area (Å²) in [6.07, 6.45) is 0. The number of aromatic nitrogens is 2. The van der Waals surface area contributed by atoms with E-state index < -0.39 is 0 Å². The maximum atomic E-state index is 6.83. The first kappa shape index (κ1) is 32.3. The molecule has 3 nitrogen and oxygen atoms in total. The number of thiophene rings is 1. The maximum Gasteiger partial charge on any atom is 0.161 e. The zero-order chi connectivity index (χ0) is 37.0. The highest BCUT2D eigenvalue weighted by molar-refractivity contribution is 7.26. The number of hydrogen-bond acceptors (Lipinski definition) is 4. The van der Waals surface area contributed by atoms with Crippen LogP contribution in [0, 0.1) is 0 Å². The predicted molar refractivity (Wildman–Crippen MR) is 235 cm³/mol. The molecule has 0 saturated heterocycles. The molecule has 3 aromatic heterocycles. The van der Waals surface area contributed by atoms with E-state index in [1.54, 1.807) is 0 Å². The van der Waals surface area contributed by atoms with Crippen LogP contribution in [-0.4, -0.2) is 9.97 Å². The molecule has 0 radical (unpaired) electrons. The van der Waals surface area contributed by atoms with Crippen LogP contribution in [0.25, 0.3) is 109 Å². The lowest BCUT2D eigenvalue weighted by molar-refractivity contribution is 0.670. The molecule has 8 aromatic carbocycles. The summed E-state index contributed by atoms with van der Waals surface area (Å²) in [5.41, 5.74) is 13.1. The van der Waals surface area contributed by atoms with Crippen molar-refractivity contribution in [3.05, 3.63) is 194 Å². The Morgan fingerprint density at radius 1 is 0.375 bits per heavy atom. The number of benzene rings is 8. The fourth-order valence-corrected chi connectivity index (χ4v) is 9.26. The molecule has 0 N–H and O–H groups in total. The molecule has 0 fully saturated rings. The molecule has 0 atom stereocenters. The van der Waals surface area contributed by atoms with Gasteiger partial charge in [0.15, 0.2) is 5.82 Å². The number of rotatable bonds is 6. The highest BCUT2D eigenvalue weighted by Crippen LogP contribution is 2.46. The van der Waals surface area contributed by atoms with Crippen molar-refractivity contribution in [1.29, 1.82) is 0 Å². The van der Waals surface area contributed by atoms with E-state index in [4.69, 9.17) is 14.4 Å².